The number of nitrogens with zero attached hydrogens (tertiary/aromatic N) is 4. The van der Waals surface area contributed by atoms with E-state index in [-0.39, 0.29) is 49.3 Å². The molecule has 210 valence electrons. The molecule has 0 unspecified atom stereocenters. The number of amides is 1. The average molecular weight is 549 g/mol. The third kappa shape index (κ3) is 5.20. The van der Waals surface area contributed by atoms with Crippen LogP contribution in [0, 0.1) is 5.92 Å². The Balaban J connectivity index is 1.11. The Hall–Kier alpha value is -3.79. The molecule has 1 amide bonds. The van der Waals surface area contributed by atoms with Crippen molar-refractivity contribution in [3.05, 3.63) is 48.3 Å². The summed E-state index contributed by atoms with van der Waals surface area (Å²) >= 11 is 0. The number of fused-ring (bicyclic) bond motifs is 2. The van der Waals surface area contributed by atoms with Crippen LogP contribution >= 0.6 is 0 Å². The minimum atomic E-state index is -1.07. The zero-order valence-corrected chi connectivity index (χ0v) is 22.7. The highest BCUT2D eigenvalue weighted by atomic mass is 19.1. The second-order valence-corrected chi connectivity index (χ2v) is 10.9. The summed E-state index contributed by atoms with van der Waals surface area (Å²) in [7, 11) is 3.34. The fraction of sp³-hybridized carbons (Fsp3) is 0.467. The first-order chi connectivity index (χ1) is 19.4. The normalized spacial score (nSPS) is 23.2. The van der Waals surface area contributed by atoms with Gasteiger partial charge in [0.25, 0.3) is 0 Å². The lowest BCUT2D eigenvalue weighted by molar-refractivity contribution is -0.148. The van der Waals surface area contributed by atoms with Gasteiger partial charge in [-0.2, -0.15) is 0 Å². The van der Waals surface area contributed by atoms with Crippen molar-refractivity contribution in [2.45, 2.75) is 56.8 Å². The minimum absolute atomic E-state index is 0.0112. The maximum absolute atomic E-state index is 14.4. The van der Waals surface area contributed by atoms with Crippen LogP contribution in [0.4, 0.5) is 4.39 Å². The van der Waals surface area contributed by atoms with Crippen molar-refractivity contribution >= 4 is 34.0 Å². The largest absolute Gasteiger partial charge is 0.469 e. The Kier molecular flexibility index (Phi) is 7.27. The standard InChI is InChI=1S/C30H33FN4O5/c1-34-16-24(23-4-3-11-32-28(23)34)29-33-25-10-5-18(12-26(25)40-29)13-27(36)35-15-20(31)14-21(35)17-39-22-8-6-19(7-9-22)30(37)38-2/h3-5,10-12,16,19-22H,6-9,13-15,17H2,1-2H3/t19-,20-,21-,22-/m0/s1. The molecule has 0 spiro atoms. The van der Waals surface area contributed by atoms with Gasteiger partial charge in [-0.3, -0.25) is 9.59 Å². The number of rotatable bonds is 7. The number of aromatic nitrogens is 3. The fourth-order valence-electron chi connectivity index (χ4n) is 6.06. The second-order valence-electron chi connectivity index (χ2n) is 10.9. The summed E-state index contributed by atoms with van der Waals surface area (Å²) in [5, 5.41) is 0.950. The third-order valence-electron chi connectivity index (χ3n) is 8.19. The van der Waals surface area contributed by atoms with Gasteiger partial charge in [0.2, 0.25) is 11.8 Å². The molecular weight excluding hydrogens is 515 g/mol. The molecule has 1 aliphatic heterocycles. The number of methoxy groups -OCH3 is 1. The fourth-order valence-corrected chi connectivity index (χ4v) is 6.06. The summed E-state index contributed by atoms with van der Waals surface area (Å²) in [5.74, 6) is 0.112. The van der Waals surface area contributed by atoms with Gasteiger partial charge < -0.3 is 23.4 Å². The molecule has 1 aliphatic carbocycles. The number of pyridine rings is 1. The van der Waals surface area contributed by atoms with Gasteiger partial charge in [0.05, 0.1) is 50.3 Å². The molecule has 1 saturated heterocycles. The summed E-state index contributed by atoms with van der Waals surface area (Å²) in [6.07, 6.45) is 6.01. The van der Waals surface area contributed by atoms with E-state index in [2.05, 4.69) is 9.97 Å². The number of alkyl halides is 1. The molecule has 2 atom stereocenters. The van der Waals surface area contributed by atoms with Gasteiger partial charge in [0, 0.05) is 31.2 Å². The van der Waals surface area contributed by atoms with Crippen LogP contribution in [0.3, 0.4) is 0 Å². The number of hydrogen-bond donors (Lipinski definition) is 0. The topological polar surface area (TPSA) is 99.7 Å². The SMILES string of the molecule is COC(=O)[C@H]1CC[C@H](OC[C@@H]2C[C@H](F)CN2C(=O)Cc2ccc3nc(-c4cn(C)c5ncccc45)oc3c2)CC1. The molecule has 4 aromatic rings. The number of esters is 1. The molecule has 3 aromatic heterocycles. The first-order valence-corrected chi connectivity index (χ1v) is 13.8. The first kappa shape index (κ1) is 26.4. The first-order valence-electron chi connectivity index (χ1n) is 13.8. The van der Waals surface area contributed by atoms with Crippen molar-refractivity contribution in [1.29, 1.82) is 0 Å². The summed E-state index contributed by atoms with van der Waals surface area (Å²) < 4.78 is 33.4. The number of ether oxygens (including phenoxy) is 2. The van der Waals surface area contributed by atoms with Crippen molar-refractivity contribution in [2.75, 3.05) is 20.3 Å². The van der Waals surface area contributed by atoms with E-state index in [0.717, 1.165) is 47.8 Å². The highest BCUT2D eigenvalue weighted by molar-refractivity contribution is 5.93. The zero-order valence-electron chi connectivity index (χ0n) is 22.7. The van der Waals surface area contributed by atoms with Crippen LogP contribution in [-0.4, -0.2) is 69.9 Å². The number of halogens is 1. The van der Waals surface area contributed by atoms with Crippen LogP contribution in [-0.2, 0) is 32.5 Å². The Morgan fingerprint density at radius 3 is 2.80 bits per heavy atom. The van der Waals surface area contributed by atoms with E-state index in [1.54, 1.807) is 11.1 Å². The molecule has 2 fully saturated rings. The smallest absolute Gasteiger partial charge is 0.308 e. The lowest BCUT2D eigenvalue weighted by atomic mass is 9.87. The number of aryl methyl sites for hydroxylation is 1. The number of carbonyl (C=O) groups is 2. The lowest BCUT2D eigenvalue weighted by Crippen LogP contribution is -2.40. The van der Waals surface area contributed by atoms with Crippen LogP contribution in [0.15, 0.2) is 47.1 Å². The molecule has 2 aliphatic rings. The number of carbonyl (C=O) groups excluding carboxylic acids is 2. The Labute approximate surface area is 231 Å². The van der Waals surface area contributed by atoms with E-state index in [1.807, 2.05) is 48.1 Å². The van der Waals surface area contributed by atoms with Gasteiger partial charge in [-0.1, -0.05) is 6.07 Å². The summed E-state index contributed by atoms with van der Waals surface area (Å²) in [5.41, 5.74) is 3.77. The molecule has 1 saturated carbocycles. The second kappa shape index (κ2) is 11.0. The molecule has 0 bridgehead atoms. The van der Waals surface area contributed by atoms with Crippen LogP contribution in [0.5, 0.6) is 0 Å². The predicted molar refractivity (Wildman–Crippen MR) is 146 cm³/mol. The quantitative estimate of drug-likeness (QED) is 0.311. The van der Waals surface area contributed by atoms with Gasteiger partial charge >= 0.3 is 5.97 Å². The van der Waals surface area contributed by atoms with E-state index in [4.69, 9.17) is 13.9 Å². The molecule has 6 rings (SSSR count). The Morgan fingerprint density at radius 2 is 2.00 bits per heavy atom. The summed E-state index contributed by atoms with van der Waals surface area (Å²) in [6, 6.07) is 9.11. The van der Waals surface area contributed by atoms with Crippen molar-refractivity contribution < 1.29 is 27.9 Å². The number of likely N-dealkylation sites (tertiary alicyclic amines) is 1. The van der Waals surface area contributed by atoms with E-state index < -0.39 is 6.17 Å². The molecule has 0 radical (unpaired) electrons. The number of benzene rings is 1. The van der Waals surface area contributed by atoms with E-state index in [0.29, 0.717) is 23.6 Å². The molecule has 1 aromatic carbocycles. The van der Waals surface area contributed by atoms with E-state index in [1.165, 1.54) is 7.11 Å². The predicted octanol–water partition coefficient (Wildman–Crippen LogP) is 4.61. The highest BCUT2D eigenvalue weighted by Crippen LogP contribution is 2.32. The van der Waals surface area contributed by atoms with E-state index in [9.17, 15) is 14.0 Å². The van der Waals surface area contributed by atoms with Gasteiger partial charge in [-0.25, -0.2) is 14.4 Å². The molecule has 9 nitrogen and oxygen atoms in total. The lowest BCUT2D eigenvalue weighted by Gasteiger charge is -2.30. The van der Waals surface area contributed by atoms with Gasteiger partial charge in [0.15, 0.2) is 5.58 Å². The van der Waals surface area contributed by atoms with E-state index >= 15 is 0 Å². The van der Waals surface area contributed by atoms with Gasteiger partial charge in [0.1, 0.15) is 17.3 Å². The van der Waals surface area contributed by atoms with Crippen molar-refractivity contribution in [3.63, 3.8) is 0 Å². The minimum Gasteiger partial charge on any atom is -0.469 e. The number of oxazole rings is 1. The molecule has 40 heavy (non-hydrogen) atoms. The highest BCUT2D eigenvalue weighted by Gasteiger charge is 2.36. The average Bonchev–Trinajstić information content (AvgIpc) is 3.66. The van der Waals surface area contributed by atoms with Gasteiger partial charge in [-0.15, -0.1) is 0 Å². The zero-order chi connectivity index (χ0) is 27.8. The summed E-state index contributed by atoms with van der Waals surface area (Å²) in [6.45, 7) is 0.371. The molecule has 0 N–H and O–H groups in total. The van der Waals surface area contributed by atoms with Crippen molar-refractivity contribution in [1.82, 2.24) is 19.4 Å². The van der Waals surface area contributed by atoms with Crippen molar-refractivity contribution in [2.24, 2.45) is 13.0 Å². The van der Waals surface area contributed by atoms with Crippen LogP contribution in [0.2, 0.25) is 0 Å². The van der Waals surface area contributed by atoms with Crippen LogP contribution < -0.4 is 0 Å². The van der Waals surface area contributed by atoms with Crippen molar-refractivity contribution in [3.8, 4) is 11.5 Å². The third-order valence-corrected chi connectivity index (χ3v) is 8.19. The molecule has 4 heterocycles. The number of hydrogen-bond acceptors (Lipinski definition) is 7. The van der Waals surface area contributed by atoms with Crippen LogP contribution in [0.25, 0.3) is 33.6 Å². The maximum Gasteiger partial charge on any atom is 0.308 e. The van der Waals surface area contributed by atoms with Crippen LogP contribution in [0.1, 0.15) is 37.7 Å². The maximum atomic E-state index is 14.4. The Morgan fingerprint density at radius 1 is 1.18 bits per heavy atom. The van der Waals surface area contributed by atoms with Gasteiger partial charge in [-0.05, 0) is 55.5 Å². The summed E-state index contributed by atoms with van der Waals surface area (Å²) in [4.78, 5) is 35.8. The molecule has 10 heteroatoms. The monoisotopic (exact) mass is 548 g/mol. The Bertz CT molecular complexity index is 1540. The molecular formula is C30H33FN4O5.